The quantitative estimate of drug-likeness (QED) is 0.848. The minimum Gasteiger partial charge on any atom is -0.396 e. The summed E-state index contributed by atoms with van der Waals surface area (Å²) in [6.07, 6.45) is 5.50. The Morgan fingerprint density at radius 3 is 2.33 bits per heavy atom. The van der Waals surface area contributed by atoms with E-state index in [4.69, 9.17) is 5.11 Å². The predicted molar refractivity (Wildman–Crippen MR) is 83.6 cm³/mol. The molecule has 118 valence electrons. The molecule has 0 amide bonds. The van der Waals surface area contributed by atoms with Crippen LogP contribution in [-0.2, 0) is 16.4 Å². The number of rotatable bonds is 6. The van der Waals surface area contributed by atoms with Crippen LogP contribution in [0.3, 0.4) is 0 Å². The molecule has 0 radical (unpaired) electrons. The molecular weight excluding hydrogens is 286 g/mol. The van der Waals surface area contributed by atoms with Gasteiger partial charge < -0.3 is 5.11 Å². The van der Waals surface area contributed by atoms with Crippen LogP contribution in [0.25, 0.3) is 0 Å². The molecule has 1 aliphatic rings. The third-order valence-corrected chi connectivity index (χ3v) is 5.73. The molecule has 0 aromatic heterocycles. The van der Waals surface area contributed by atoms with Crippen LogP contribution in [0, 0.1) is 5.92 Å². The Hall–Kier alpha value is -0.910. The maximum Gasteiger partial charge on any atom is 0.240 e. The van der Waals surface area contributed by atoms with Gasteiger partial charge in [0.25, 0.3) is 0 Å². The van der Waals surface area contributed by atoms with E-state index in [9.17, 15) is 8.42 Å². The average molecular weight is 311 g/mol. The molecule has 0 spiro atoms. The number of benzene rings is 1. The Morgan fingerprint density at radius 1 is 1.14 bits per heavy atom. The number of hydrogen-bond donors (Lipinski definition) is 2. The molecule has 1 aliphatic carbocycles. The Morgan fingerprint density at radius 2 is 1.76 bits per heavy atom. The van der Waals surface area contributed by atoms with Gasteiger partial charge in [-0.1, -0.05) is 19.1 Å². The molecule has 0 unspecified atom stereocenters. The van der Waals surface area contributed by atoms with Gasteiger partial charge in [-0.15, -0.1) is 0 Å². The van der Waals surface area contributed by atoms with Crippen molar-refractivity contribution >= 4 is 10.0 Å². The van der Waals surface area contributed by atoms with Crippen LogP contribution in [-0.4, -0.2) is 26.2 Å². The first-order chi connectivity index (χ1) is 10.0. The zero-order chi connectivity index (χ0) is 15.3. The fourth-order valence-corrected chi connectivity index (χ4v) is 4.09. The van der Waals surface area contributed by atoms with Crippen molar-refractivity contribution in [3.63, 3.8) is 0 Å². The van der Waals surface area contributed by atoms with E-state index in [2.05, 4.69) is 11.6 Å². The van der Waals surface area contributed by atoms with E-state index in [0.29, 0.717) is 17.2 Å². The van der Waals surface area contributed by atoms with Crippen LogP contribution in [0.1, 0.15) is 44.6 Å². The highest BCUT2D eigenvalue weighted by molar-refractivity contribution is 7.89. The van der Waals surface area contributed by atoms with Crippen LogP contribution in [0.5, 0.6) is 0 Å². The molecule has 1 aromatic carbocycles. The maximum absolute atomic E-state index is 12.4. The van der Waals surface area contributed by atoms with E-state index in [1.807, 2.05) is 12.1 Å². The highest BCUT2D eigenvalue weighted by Gasteiger charge is 2.23. The van der Waals surface area contributed by atoms with E-state index < -0.39 is 10.0 Å². The lowest BCUT2D eigenvalue weighted by Gasteiger charge is -2.26. The lowest BCUT2D eigenvalue weighted by molar-refractivity contribution is 0.288. The first kappa shape index (κ1) is 16.5. The highest BCUT2D eigenvalue weighted by Crippen LogP contribution is 2.24. The topological polar surface area (TPSA) is 66.4 Å². The number of sulfonamides is 1. The number of aliphatic hydroxyl groups is 1. The van der Waals surface area contributed by atoms with Gasteiger partial charge in [0.15, 0.2) is 0 Å². The molecule has 1 saturated carbocycles. The molecule has 1 aromatic rings. The normalized spacial score (nSPS) is 23.1. The van der Waals surface area contributed by atoms with Crippen molar-refractivity contribution in [2.75, 3.05) is 6.61 Å². The second-order valence-electron chi connectivity index (χ2n) is 6.05. The van der Waals surface area contributed by atoms with E-state index in [1.54, 1.807) is 12.1 Å². The lowest BCUT2D eigenvalue weighted by atomic mass is 9.88. The molecule has 0 saturated heterocycles. The molecule has 5 heteroatoms. The van der Waals surface area contributed by atoms with Gasteiger partial charge in [-0.05, 0) is 62.1 Å². The molecule has 0 bridgehead atoms. The first-order valence-corrected chi connectivity index (χ1v) is 9.21. The summed E-state index contributed by atoms with van der Waals surface area (Å²) in [4.78, 5) is 0.328. The van der Waals surface area contributed by atoms with Crippen molar-refractivity contribution in [1.82, 2.24) is 4.72 Å². The van der Waals surface area contributed by atoms with Crippen molar-refractivity contribution in [1.29, 1.82) is 0 Å². The number of aryl methyl sites for hydroxylation is 1. The molecule has 1 fully saturated rings. The fourth-order valence-electron chi connectivity index (χ4n) is 2.78. The minimum atomic E-state index is -3.41. The minimum absolute atomic E-state index is 0.0697. The smallest absolute Gasteiger partial charge is 0.240 e. The summed E-state index contributed by atoms with van der Waals surface area (Å²) in [5, 5.41) is 8.81. The summed E-state index contributed by atoms with van der Waals surface area (Å²) < 4.78 is 27.5. The van der Waals surface area contributed by atoms with Crippen LogP contribution in [0.15, 0.2) is 29.2 Å². The van der Waals surface area contributed by atoms with Gasteiger partial charge in [0, 0.05) is 12.6 Å². The van der Waals surface area contributed by atoms with Gasteiger partial charge in [0.2, 0.25) is 10.0 Å². The molecule has 2 N–H and O–H groups in total. The number of aliphatic hydroxyl groups excluding tert-OH is 1. The van der Waals surface area contributed by atoms with Crippen LogP contribution < -0.4 is 4.72 Å². The molecule has 4 nitrogen and oxygen atoms in total. The van der Waals surface area contributed by atoms with Gasteiger partial charge >= 0.3 is 0 Å². The second-order valence-corrected chi connectivity index (χ2v) is 7.76. The number of nitrogens with one attached hydrogen (secondary N) is 1. The van der Waals surface area contributed by atoms with E-state index >= 15 is 0 Å². The Labute approximate surface area is 127 Å². The van der Waals surface area contributed by atoms with Gasteiger partial charge in [0.1, 0.15) is 0 Å². The maximum atomic E-state index is 12.4. The largest absolute Gasteiger partial charge is 0.396 e. The van der Waals surface area contributed by atoms with Crippen LogP contribution in [0.2, 0.25) is 0 Å². The third-order valence-electron chi connectivity index (χ3n) is 4.19. The first-order valence-electron chi connectivity index (χ1n) is 7.73. The van der Waals surface area contributed by atoms with Crippen molar-refractivity contribution in [3.8, 4) is 0 Å². The highest BCUT2D eigenvalue weighted by atomic mass is 32.2. The predicted octanol–water partition coefficient (Wildman–Crippen LogP) is 2.47. The molecule has 0 heterocycles. The summed E-state index contributed by atoms with van der Waals surface area (Å²) in [7, 11) is -3.41. The lowest BCUT2D eigenvalue weighted by Crippen LogP contribution is -2.37. The van der Waals surface area contributed by atoms with E-state index in [-0.39, 0.29) is 12.6 Å². The number of hydrogen-bond acceptors (Lipinski definition) is 3. The fraction of sp³-hybridized carbons (Fsp3) is 0.625. The Balaban J connectivity index is 1.98. The standard InChI is InChI=1S/C16H25NO3S/c1-13-4-8-15(9-5-13)17-21(19,20)16-10-6-14(7-11-16)3-2-12-18/h6-7,10-11,13,15,17-18H,2-5,8-9,12H2,1H3. The van der Waals surface area contributed by atoms with E-state index in [0.717, 1.165) is 37.7 Å². The van der Waals surface area contributed by atoms with Crippen LogP contribution in [0.4, 0.5) is 0 Å². The Bertz CT molecular complexity index is 531. The van der Waals surface area contributed by atoms with Crippen molar-refractivity contribution in [2.24, 2.45) is 5.92 Å². The van der Waals surface area contributed by atoms with Crippen molar-refractivity contribution in [3.05, 3.63) is 29.8 Å². The molecule has 0 atom stereocenters. The van der Waals surface area contributed by atoms with Crippen molar-refractivity contribution in [2.45, 2.75) is 56.4 Å². The monoisotopic (exact) mass is 311 g/mol. The zero-order valence-electron chi connectivity index (χ0n) is 12.6. The average Bonchev–Trinajstić information content (AvgIpc) is 2.48. The summed E-state index contributed by atoms with van der Waals surface area (Å²) in [6, 6.07) is 7.03. The molecule has 0 aliphatic heterocycles. The summed E-state index contributed by atoms with van der Waals surface area (Å²) >= 11 is 0. The molecule has 21 heavy (non-hydrogen) atoms. The Kier molecular flexibility index (Phi) is 5.79. The molecule has 2 rings (SSSR count). The SMILES string of the molecule is CC1CCC(NS(=O)(=O)c2ccc(CCCO)cc2)CC1. The summed E-state index contributed by atoms with van der Waals surface area (Å²) in [6.45, 7) is 2.37. The van der Waals surface area contributed by atoms with E-state index in [1.165, 1.54) is 0 Å². The summed E-state index contributed by atoms with van der Waals surface area (Å²) in [5.41, 5.74) is 1.05. The summed E-state index contributed by atoms with van der Waals surface area (Å²) in [5.74, 6) is 0.705. The van der Waals surface area contributed by atoms with Gasteiger partial charge in [-0.3, -0.25) is 0 Å². The third kappa shape index (κ3) is 4.80. The second kappa shape index (κ2) is 7.38. The van der Waals surface area contributed by atoms with Crippen LogP contribution >= 0.6 is 0 Å². The van der Waals surface area contributed by atoms with Gasteiger partial charge in [0.05, 0.1) is 4.90 Å². The zero-order valence-corrected chi connectivity index (χ0v) is 13.4. The van der Waals surface area contributed by atoms with Gasteiger partial charge in [-0.2, -0.15) is 0 Å². The van der Waals surface area contributed by atoms with Crippen molar-refractivity contribution < 1.29 is 13.5 Å². The van der Waals surface area contributed by atoms with Gasteiger partial charge in [-0.25, -0.2) is 13.1 Å². The molecular formula is C16H25NO3S.